The van der Waals surface area contributed by atoms with Crippen molar-refractivity contribution < 1.29 is 0 Å². The van der Waals surface area contributed by atoms with Gasteiger partial charge in [0.15, 0.2) is 0 Å². The summed E-state index contributed by atoms with van der Waals surface area (Å²) in [6, 6.07) is 0.277. The molecule has 1 heterocycles. The molecule has 0 saturated carbocycles. The summed E-state index contributed by atoms with van der Waals surface area (Å²) < 4.78 is 1.89. The van der Waals surface area contributed by atoms with Gasteiger partial charge in [-0.05, 0) is 27.3 Å². The average molecular weight is 207 g/mol. The van der Waals surface area contributed by atoms with Crippen molar-refractivity contribution in [1.82, 2.24) is 15.1 Å². The monoisotopic (exact) mass is 207 g/mol. The minimum Gasteiger partial charge on any atom is -0.310 e. The highest BCUT2D eigenvalue weighted by molar-refractivity contribution is 5.26. The van der Waals surface area contributed by atoms with Crippen molar-refractivity contribution in [2.24, 2.45) is 7.05 Å². The number of allylic oxidation sites excluding steroid dienone is 1. The van der Waals surface area contributed by atoms with E-state index in [0.717, 1.165) is 6.42 Å². The lowest BCUT2D eigenvalue weighted by atomic mass is 10.0. The lowest BCUT2D eigenvalue weighted by molar-refractivity contribution is 0.701. The molecule has 0 fully saturated rings. The molecule has 1 atom stereocenters. The van der Waals surface area contributed by atoms with E-state index in [-0.39, 0.29) is 6.04 Å². The summed E-state index contributed by atoms with van der Waals surface area (Å²) in [6.45, 7) is 6.37. The molecule has 0 amide bonds. The molecule has 0 aromatic carbocycles. The Morgan fingerprint density at radius 3 is 2.73 bits per heavy atom. The molecule has 3 heteroatoms. The topological polar surface area (TPSA) is 29.9 Å². The van der Waals surface area contributed by atoms with Crippen LogP contribution in [0.2, 0.25) is 0 Å². The van der Waals surface area contributed by atoms with Crippen LogP contribution in [0.25, 0.3) is 0 Å². The molecule has 0 aliphatic heterocycles. The minimum absolute atomic E-state index is 0.277. The van der Waals surface area contributed by atoms with Gasteiger partial charge in [-0.15, -0.1) is 0 Å². The molecular weight excluding hydrogens is 186 g/mol. The van der Waals surface area contributed by atoms with Gasteiger partial charge >= 0.3 is 0 Å². The van der Waals surface area contributed by atoms with Crippen molar-refractivity contribution >= 4 is 0 Å². The Bertz CT molecular complexity index is 346. The molecule has 0 bridgehead atoms. The first-order valence-corrected chi connectivity index (χ1v) is 5.43. The van der Waals surface area contributed by atoms with E-state index in [2.05, 4.69) is 43.5 Å². The largest absolute Gasteiger partial charge is 0.310 e. The predicted octanol–water partition coefficient (Wildman–Crippen LogP) is 2.21. The Labute approximate surface area is 92.2 Å². The Morgan fingerprint density at radius 1 is 1.60 bits per heavy atom. The van der Waals surface area contributed by atoms with Crippen LogP contribution < -0.4 is 5.32 Å². The van der Waals surface area contributed by atoms with E-state index in [1.165, 1.54) is 16.8 Å². The minimum atomic E-state index is 0.277. The SMILES string of the molecule is CCc1nn(C)cc1C(C=C(C)C)NC. The van der Waals surface area contributed by atoms with Crippen LogP contribution in [0.15, 0.2) is 17.8 Å². The van der Waals surface area contributed by atoms with Gasteiger partial charge in [-0.3, -0.25) is 4.68 Å². The van der Waals surface area contributed by atoms with Gasteiger partial charge < -0.3 is 5.32 Å². The zero-order valence-electron chi connectivity index (χ0n) is 10.3. The van der Waals surface area contributed by atoms with Crippen LogP contribution in [0.1, 0.15) is 38.1 Å². The lowest BCUT2D eigenvalue weighted by Gasteiger charge is -2.12. The number of aryl methyl sites for hydroxylation is 2. The van der Waals surface area contributed by atoms with Crippen LogP contribution in [0.4, 0.5) is 0 Å². The molecule has 0 aliphatic rings. The second-order valence-corrected chi connectivity index (χ2v) is 4.07. The number of nitrogens with zero attached hydrogens (tertiary/aromatic N) is 2. The molecule has 0 saturated heterocycles. The normalized spacial score (nSPS) is 12.6. The summed E-state index contributed by atoms with van der Waals surface area (Å²) >= 11 is 0. The molecule has 15 heavy (non-hydrogen) atoms. The summed E-state index contributed by atoms with van der Waals surface area (Å²) in [5, 5.41) is 7.76. The fraction of sp³-hybridized carbons (Fsp3) is 0.583. The van der Waals surface area contributed by atoms with Crippen LogP contribution >= 0.6 is 0 Å². The summed E-state index contributed by atoms with van der Waals surface area (Å²) in [5.74, 6) is 0. The fourth-order valence-electron chi connectivity index (χ4n) is 1.75. The zero-order chi connectivity index (χ0) is 11.4. The van der Waals surface area contributed by atoms with Gasteiger partial charge in [0.1, 0.15) is 0 Å². The summed E-state index contributed by atoms with van der Waals surface area (Å²) in [4.78, 5) is 0. The van der Waals surface area contributed by atoms with E-state index in [9.17, 15) is 0 Å². The van der Waals surface area contributed by atoms with Crippen LogP contribution in [-0.4, -0.2) is 16.8 Å². The van der Waals surface area contributed by atoms with E-state index in [0.29, 0.717) is 0 Å². The number of likely N-dealkylation sites (N-methyl/N-ethyl adjacent to an activating group) is 1. The van der Waals surface area contributed by atoms with E-state index in [1.54, 1.807) is 0 Å². The Hall–Kier alpha value is -1.09. The van der Waals surface area contributed by atoms with E-state index in [1.807, 2.05) is 18.8 Å². The number of hydrogen-bond acceptors (Lipinski definition) is 2. The van der Waals surface area contributed by atoms with Gasteiger partial charge in [-0.2, -0.15) is 5.10 Å². The number of rotatable bonds is 4. The first-order valence-electron chi connectivity index (χ1n) is 5.43. The maximum Gasteiger partial charge on any atom is 0.0672 e. The van der Waals surface area contributed by atoms with Crippen LogP contribution in [0, 0.1) is 0 Å². The summed E-state index contributed by atoms with van der Waals surface area (Å²) in [6.07, 6.45) is 5.31. The van der Waals surface area contributed by atoms with Crippen molar-refractivity contribution in [3.63, 3.8) is 0 Å². The number of hydrogen-bond donors (Lipinski definition) is 1. The second-order valence-electron chi connectivity index (χ2n) is 4.07. The molecule has 1 rings (SSSR count). The van der Waals surface area contributed by atoms with Crippen LogP contribution in [-0.2, 0) is 13.5 Å². The van der Waals surface area contributed by atoms with E-state index in [4.69, 9.17) is 0 Å². The molecule has 1 unspecified atom stereocenters. The maximum absolute atomic E-state index is 4.45. The predicted molar refractivity (Wildman–Crippen MR) is 63.8 cm³/mol. The molecule has 1 aromatic heterocycles. The molecule has 3 nitrogen and oxygen atoms in total. The third-order valence-electron chi connectivity index (χ3n) is 2.42. The van der Waals surface area contributed by atoms with Crippen molar-refractivity contribution in [2.45, 2.75) is 33.2 Å². The fourth-order valence-corrected chi connectivity index (χ4v) is 1.75. The smallest absolute Gasteiger partial charge is 0.0672 e. The molecule has 0 spiro atoms. The van der Waals surface area contributed by atoms with Crippen LogP contribution in [0.5, 0.6) is 0 Å². The zero-order valence-corrected chi connectivity index (χ0v) is 10.3. The molecule has 84 valence electrons. The van der Waals surface area contributed by atoms with Gasteiger partial charge in [-0.25, -0.2) is 0 Å². The Balaban J connectivity index is 3.05. The third kappa shape index (κ3) is 2.93. The highest BCUT2D eigenvalue weighted by Gasteiger charge is 2.13. The quantitative estimate of drug-likeness (QED) is 0.767. The lowest BCUT2D eigenvalue weighted by Crippen LogP contribution is -2.15. The molecular formula is C12H21N3. The third-order valence-corrected chi connectivity index (χ3v) is 2.42. The first-order chi connectivity index (χ1) is 7.08. The molecule has 0 radical (unpaired) electrons. The second kappa shape index (κ2) is 5.12. The van der Waals surface area contributed by atoms with Gasteiger partial charge in [0.2, 0.25) is 0 Å². The number of nitrogens with one attached hydrogen (secondary N) is 1. The highest BCUT2D eigenvalue weighted by Crippen LogP contribution is 2.19. The van der Waals surface area contributed by atoms with Gasteiger partial charge in [0.05, 0.1) is 11.7 Å². The summed E-state index contributed by atoms with van der Waals surface area (Å²) in [7, 11) is 3.95. The average Bonchev–Trinajstić information content (AvgIpc) is 2.55. The van der Waals surface area contributed by atoms with Crippen molar-refractivity contribution in [1.29, 1.82) is 0 Å². The van der Waals surface area contributed by atoms with Crippen molar-refractivity contribution in [3.8, 4) is 0 Å². The van der Waals surface area contributed by atoms with E-state index >= 15 is 0 Å². The van der Waals surface area contributed by atoms with Crippen molar-refractivity contribution in [3.05, 3.63) is 29.1 Å². The molecule has 1 aromatic rings. The highest BCUT2D eigenvalue weighted by atomic mass is 15.3. The van der Waals surface area contributed by atoms with Gasteiger partial charge in [0.25, 0.3) is 0 Å². The van der Waals surface area contributed by atoms with Crippen LogP contribution in [0.3, 0.4) is 0 Å². The number of aromatic nitrogens is 2. The van der Waals surface area contributed by atoms with E-state index < -0.39 is 0 Å². The van der Waals surface area contributed by atoms with Gasteiger partial charge in [-0.1, -0.05) is 18.6 Å². The standard InChI is InChI=1S/C12H21N3/c1-6-11-10(8-15(5)14-11)12(13-4)7-9(2)3/h7-8,12-13H,6H2,1-5H3. The molecule has 1 N–H and O–H groups in total. The summed E-state index contributed by atoms with van der Waals surface area (Å²) in [5.41, 5.74) is 3.78. The van der Waals surface area contributed by atoms with Gasteiger partial charge in [0, 0.05) is 18.8 Å². The Kier molecular flexibility index (Phi) is 4.09. The van der Waals surface area contributed by atoms with Crippen molar-refractivity contribution in [2.75, 3.05) is 7.05 Å². The molecule has 0 aliphatic carbocycles. The maximum atomic E-state index is 4.45. The first kappa shape index (κ1) is 12.0. The Morgan fingerprint density at radius 2 is 2.27 bits per heavy atom.